The second-order valence-electron chi connectivity index (χ2n) is 4.30. The van der Waals surface area contributed by atoms with Gasteiger partial charge in [-0.15, -0.1) is 0 Å². The lowest BCUT2D eigenvalue weighted by Gasteiger charge is -2.05. The number of quaternary nitrogens is 1. The van der Waals surface area contributed by atoms with E-state index in [1.807, 2.05) is 42.5 Å². The van der Waals surface area contributed by atoms with Crippen LogP contribution in [-0.4, -0.2) is 17.1 Å². The number of hydrogen-bond donors (Lipinski definition) is 2. The molecule has 3 nitrogen and oxygen atoms in total. The molecule has 0 aliphatic heterocycles. The van der Waals surface area contributed by atoms with Crippen LogP contribution in [0.5, 0.6) is 0 Å². The minimum atomic E-state index is -0.859. The summed E-state index contributed by atoms with van der Waals surface area (Å²) in [5.74, 6) is -0.859. The zero-order chi connectivity index (χ0) is 13.0. The Kier molecular flexibility index (Phi) is 3.75. The Morgan fingerprint density at radius 2 is 1.56 bits per heavy atom. The van der Waals surface area contributed by atoms with Crippen LogP contribution in [0.1, 0.15) is 5.56 Å². The van der Waals surface area contributed by atoms with E-state index in [2.05, 4.69) is 17.9 Å². The van der Waals surface area contributed by atoms with E-state index < -0.39 is 12.0 Å². The molecule has 92 valence electrons. The average Bonchev–Trinajstić information content (AvgIpc) is 2.40. The smallest absolute Gasteiger partial charge is 0.362 e. The Bertz CT molecular complexity index is 520. The van der Waals surface area contributed by atoms with Crippen molar-refractivity contribution >= 4 is 5.97 Å². The van der Waals surface area contributed by atoms with Crippen molar-refractivity contribution in [2.24, 2.45) is 0 Å². The van der Waals surface area contributed by atoms with Gasteiger partial charge in [-0.3, -0.25) is 0 Å². The van der Waals surface area contributed by atoms with Crippen molar-refractivity contribution < 1.29 is 15.6 Å². The van der Waals surface area contributed by atoms with Crippen molar-refractivity contribution in [3.8, 4) is 11.1 Å². The summed E-state index contributed by atoms with van der Waals surface area (Å²) in [5.41, 5.74) is 6.91. The summed E-state index contributed by atoms with van der Waals surface area (Å²) in [7, 11) is 0. The third kappa shape index (κ3) is 2.96. The predicted octanol–water partition coefficient (Wildman–Crippen LogP) is 1.59. The highest BCUT2D eigenvalue weighted by atomic mass is 16.4. The summed E-state index contributed by atoms with van der Waals surface area (Å²) >= 11 is 0. The third-order valence-corrected chi connectivity index (χ3v) is 2.89. The molecule has 2 rings (SSSR count). The molecule has 2 aromatic carbocycles. The van der Waals surface area contributed by atoms with Crippen LogP contribution in [0.15, 0.2) is 54.6 Å². The number of hydrogen-bond acceptors (Lipinski definition) is 1. The molecule has 0 heterocycles. The highest BCUT2D eigenvalue weighted by molar-refractivity contribution is 5.72. The van der Waals surface area contributed by atoms with Gasteiger partial charge in [-0.25, -0.2) is 4.79 Å². The zero-order valence-electron chi connectivity index (χ0n) is 10.0. The fourth-order valence-electron chi connectivity index (χ4n) is 1.84. The van der Waals surface area contributed by atoms with Gasteiger partial charge in [0.25, 0.3) is 0 Å². The number of benzene rings is 2. The maximum absolute atomic E-state index is 10.7. The molecule has 1 unspecified atom stereocenters. The van der Waals surface area contributed by atoms with Crippen LogP contribution in [0.4, 0.5) is 0 Å². The molecule has 0 aliphatic rings. The monoisotopic (exact) mass is 242 g/mol. The first kappa shape index (κ1) is 12.3. The molecular formula is C15H16NO2+. The van der Waals surface area contributed by atoms with Crippen LogP contribution in [0.2, 0.25) is 0 Å². The van der Waals surface area contributed by atoms with Crippen molar-refractivity contribution in [2.75, 3.05) is 0 Å². The molecule has 0 fully saturated rings. The number of carboxylic acids is 1. The molecule has 1 atom stereocenters. The SMILES string of the molecule is [NH3+]C(Cc1ccc(-c2ccccc2)cc1)C(=O)O. The van der Waals surface area contributed by atoms with E-state index in [-0.39, 0.29) is 0 Å². The molecule has 0 aromatic heterocycles. The van der Waals surface area contributed by atoms with Crippen molar-refractivity contribution in [3.05, 3.63) is 60.2 Å². The van der Waals surface area contributed by atoms with Crippen molar-refractivity contribution in [1.29, 1.82) is 0 Å². The zero-order valence-corrected chi connectivity index (χ0v) is 10.0. The molecule has 2 aromatic rings. The van der Waals surface area contributed by atoms with E-state index in [1.165, 1.54) is 0 Å². The van der Waals surface area contributed by atoms with Gasteiger partial charge in [0.05, 0.1) is 0 Å². The molecule has 0 bridgehead atoms. The van der Waals surface area contributed by atoms with Crippen LogP contribution >= 0.6 is 0 Å². The highest BCUT2D eigenvalue weighted by Crippen LogP contribution is 2.19. The fraction of sp³-hybridized carbons (Fsp3) is 0.133. The molecule has 0 radical (unpaired) electrons. The Morgan fingerprint density at radius 3 is 2.11 bits per heavy atom. The Labute approximate surface area is 106 Å². The van der Waals surface area contributed by atoms with E-state index in [9.17, 15) is 4.79 Å². The van der Waals surface area contributed by atoms with E-state index in [1.54, 1.807) is 0 Å². The normalized spacial score (nSPS) is 12.1. The maximum atomic E-state index is 10.7. The second-order valence-corrected chi connectivity index (χ2v) is 4.30. The number of carbonyl (C=O) groups is 1. The molecule has 0 amide bonds. The van der Waals surface area contributed by atoms with Crippen LogP contribution in [0.25, 0.3) is 11.1 Å². The first-order valence-corrected chi connectivity index (χ1v) is 5.87. The number of carboxylic acid groups (broad SMARTS) is 1. The first-order chi connectivity index (χ1) is 8.66. The lowest BCUT2D eigenvalue weighted by atomic mass is 10.0. The van der Waals surface area contributed by atoms with E-state index in [4.69, 9.17) is 5.11 Å². The predicted molar refractivity (Wildman–Crippen MR) is 69.9 cm³/mol. The molecule has 4 N–H and O–H groups in total. The third-order valence-electron chi connectivity index (χ3n) is 2.89. The van der Waals surface area contributed by atoms with E-state index in [0.717, 1.165) is 16.7 Å². The largest absolute Gasteiger partial charge is 0.477 e. The molecule has 0 saturated heterocycles. The summed E-state index contributed by atoms with van der Waals surface area (Å²) < 4.78 is 0. The summed E-state index contributed by atoms with van der Waals surface area (Å²) in [6.45, 7) is 0. The minimum Gasteiger partial charge on any atom is -0.477 e. The van der Waals surface area contributed by atoms with Crippen molar-refractivity contribution in [1.82, 2.24) is 0 Å². The lowest BCUT2D eigenvalue weighted by molar-refractivity contribution is -0.407. The molecule has 18 heavy (non-hydrogen) atoms. The Hall–Kier alpha value is -2.13. The molecule has 3 heteroatoms. The van der Waals surface area contributed by atoms with E-state index >= 15 is 0 Å². The van der Waals surface area contributed by atoms with E-state index in [0.29, 0.717) is 6.42 Å². The van der Waals surface area contributed by atoms with Gasteiger partial charge in [-0.1, -0.05) is 54.6 Å². The van der Waals surface area contributed by atoms with Gasteiger partial charge < -0.3 is 10.8 Å². The average molecular weight is 242 g/mol. The fourth-order valence-corrected chi connectivity index (χ4v) is 1.84. The van der Waals surface area contributed by atoms with Gasteiger partial charge in [0.2, 0.25) is 0 Å². The molecule has 0 saturated carbocycles. The van der Waals surface area contributed by atoms with Gasteiger partial charge in [-0.05, 0) is 16.7 Å². The lowest BCUT2D eigenvalue weighted by Crippen LogP contribution is -2.65. The molecular weight excluding hydrogens is 226 g/mol. The van der Waals surface area contributed by atoms with Gasteiger partial charge >= 0.3 is 5.97 Å². The van der Waals surface area contributed by atoms with Crippen LogP contribution in [-0.2, 0) is 11.2 Å². The standard InChI is InChI=1S/C15H15NO2/c16-14(15(17)18)10-11-6-8-13(9-7-11)12-4-2-1-3-5-12/h1-9,14H,10,16H2,(H,17,18)/p+1. The number of rotatable bonds is 4. The van der Waals surface area contributed by atoms with Crippen molar-refractivity contribution in [2.45, 2.75) is 12.5 Å². The summed E-state index contributed by atoms with van der Waals surface area (Å²) in [5, 5.41) is 8.81. The highest BCUT2D eigenvalue weighted by Gasteiger charge is 2.15. The first-order valence-electron chi connectivity index (χ1n) is 5.87. The van der Waals surface area contributed by atoms with Gasteiger partial charge in [-0.2, -0.15) is 0 Å². The summed E-state index contributed by atoms with van der Waals surface area (Å²) in [6, 6.07) is 17.4. The summed E-state index contributed by atoms with van der Waals surface area (Å²) in [6.07, 6.45) is 0.463. The van der Waals surface area contributed by atoms with Gasteiger partial charge in [0.1, 0.15) is 0 Å². The van der Waals surface area contributed by atoms with Gasteiger partial charge in [0, 0.05) is 6.42 Å². The maximum Gasteiger partial charge on any atom is 0.362 e. The Balaban J connectivity index is 2.13. The van der Waals surface area contributed by atoms with Gasteiger partial charge in [0.15, 0.2) is 6.04 Å². The van der Waals surface area contributed by atoms with Crippen LogP contribution in [0, 0.1) is 0 Å². The topological polar surface area (TPSA) is 64.9 Å². The van der Waals surface area contributed by atoms with Crippen LogP contribution in [0.3, 0.4) is 0 Å². The minimum absolute atomic E-state index is 0.463. The summed E-state index contributed by atoms with van der Waals surface area (Å²) in [4.78, 5) is 10.7. The second kappa shape index (κ2) is 5.47. The number of aliphatic carboxylic acids is 1. The Morgan fingerprint density at radius 1 is 1.00 bits per heavy atom. The quantitative estimate of drug-likeness (QED) is 0.855. The molecule has 0 spiro atoms. The van der Waals surface area contributed by atoms with Crippen molar-refractivity contribution in [3.63, 3.8) is 0 Å². The molecule has 0 aliphatic carbocycles. The van der Waals surface area contributed by atoms with Crippen LogP contribution < -0.4 is 5.73 Å².